The molecule has 0 spiro atoms. The number of rotatable bonds is 18. The van der Waals surface area contributed by atoms with Crippen LogP contribution in [0, 0.1) is 11.3 Å². The third-order valence-electron chi connectivity index (χ3n) is 5.15. The zero-order valence-electron chi connectivity index (χ0n) is 20.0. The van der Waals surface area contributed by atoms with Crippen molar-refractivity contribution in [3.05, 3.63) is 32.9 Å². The zero-order chi connectivity index (χ0) is 23.8. The SMILES string of the molecule is C=C(/C=C(/C#N)C(=O)O)Sc1c(CCCCCCC)sc(CCCCCCC)c1SCC. The first-order valence-electron chi connectivity index (χ1n) is 12.0. The molecule has 0 aliphatic carbocycles. The van der Waals surface area contributed by atoms with Gasteiger partial charge in [-0.25, -0.2) is 4.79 Å². The molecule has 0 amide bonds. The molecule has 32 heavy (non-hydrogen) atoms. The van der Waals surface area contributed by atoms with Crippen LogP contribution in [-0.2, 0) is 17.6 Å². The molecule has 1 aromatic rings. The maximum Gasteiger partial charge on any atom is 0.346 e. The number of thioether (sulfide) groups is 2. The third kappa shape index (κ3) is 10.6. The Morgan fingerprint density at radius 1 is 0.969 bits per heavy atom. The quantitative estimate of drug-likeness (QED) is 0.0726. The predicted octanol–water partition coefficient (Wildman–Crippen LogP) is 9.03. The van der Waals surface area contributed by atoms with E-state index in [4.69, 9.17) is 5.26 Å². The van der Waals surface area contributed by atoms with E-state index < -0.39 is 5.97 Å². The van der Waals surface area contributed by atoms with Gasteiger partial charge in [-0.3, -0.25) is 0 Å². The predicted molar refractivity (Wildman–Crippen MR) is 142 cm³/mol. The number of carboxylic acids is 1. The monoisotopic (exact) mass is 493 g/mol. The molecule has 0 aromatic carbocycles. The van der Waals surface area contributed by atoms with Gasteiger partial charge in [-0.2, -0.15) is 5.26 Å². The average Bonchev–Trinajstić information content (AvgIpc) is 3.08. The van der Waals surface area contributed by atoms with Crippen LogP contribution in [0.25, 0.3) is 0 Å². The van der Waals surface area contributed by atoms with E-state index in [-0.39, 0.29) is 5.57 Å². The summed E-state index contributed by atoms with van der Waals surface area (Å²) in [5, 5.41) is 18.3. The highest BCUT2D eigenvalue weighted by molar-refractivity contribution is 8.05. The smallest absolute Gasteiger partial charge is 0.346 e. The number of aliphatic carboxylic acids is 1. The standard InChI is InChI=1S/C26H39NO2S3/c1-5-8-10-12-14-16-22-24(30-7-3)25(23(32-22)17-15-13-11-9-6-2)31-20(4)18-21(19-27)26(28)29/h18H,4-17H2,1-3H3,(H,28,29)/b21-18-. The summed E-state index contributed by atoms with van der Waals surface area (Å²) < 4.78 is 0. The molecule has 0 fully saturated rings. The molecule has 0 saturated carbocycles. The summed E-state index contributed by atoms with van der Waals surface area (Å²) in [6, 6.07) is 1.76. The van der Waals surface area contributed by atoms with Gasteiger partial charge in [-0.15, -0.1) is 23.1 Å². The number of hydrogen-bond acceptors (Lipinski definition) is 5. The van der Waals surface area contributed by atoms with E-state index in [1.54, 1.807) is 6.07 Å². The number of unbranched alkanes of at least 4 members (excludes halogenated alkanes) is 8. The molecule has 0 radical (unpaired) electrons. The Hall–Kier alpha value is -1.16. The van der Waals surface area contributed by atoms with Crippen LogP contribution < -0.4 is 0 Å². The molecular weight excluding hydrogens is 454 g/mol. The fraction of sp³-hybridized carbons (Fsp3) is 0.615. The topological polar surface area (TPSA) is 61.1 Å². The van der Waals surface area contributed by atoms with Gasteiger partial charge in [0.05, 0.1) is 0 Å². The summed E-state index contributed by atoms with van der Waals surface area (Å²) in [6.07, 6.45) is 16.2. The minimum absolute atomic E-state index is 0.264. The lowest BCUT2D eigenvalue weighted by Crippen LogP contribution is -1.97. The number of thiophene rings is 1. The van der Waals surface area contributed by atoms with Crippen LogP contribution >= 0.6 is 34.9 Å². The molecule has 0 aliphatic rings. The van der Waals surface area contributed by atoms with E-state index >= 15 is 0 Å². The summed E-state index contributed by atoms with van der Waals surface area (Å²) in [5.41, 5.74) is -0.264. The third-order valence-corrected chi connectivity index (χ3v) is 8.91. The Kier molecular flexibility index (Phi) is 15.6. The van der Waals surface area contributed by atoms with Crippen LogP contribution in [0.2, 0.25) is 0 Å². The molecule has 0 unspecified atom stereocenters. The number of carbonyl (C=O) groups is 1. The summed E-state index contributed by atoms with van der Waals surface area (Å²) >= 11 is 5.36. The number of aryl methyl sites for hydroxylation is 2. The number of nitrogens with zero attached hydrogens (tertiary/aromatic N) is 1. The van der Waals surface area contributed by atoms with Gasteiger partial charge in [-0.05, 0) is 37.5 Å². The second-order valence-corrected chi connectivity index (χ2v) is 11.5. The van der Waals surface area contributed by atoms with Gasteiger partial charge in [0, 0.05) is 24.5 Å². The largest absolute Gasteiger partial charge is 0.477 e. The number of hydrogen-bond donors (Lipinski definition) is 1. The molecule has 1 aromatic heterocycles. The molecule has 3 nitrogen and oxygen atoms in total. The Morgan fingerprint density at radius 2 is 1.50 bits per heavy atom. The summed E-state index contributed by atoms with van der Waals surface area (Å²) in [4.78, 5) is 17.3. The van der Waals surface area contributed by atoms with E-state index in [0.29, 0.717) is 4.91 Å². The minimum Gasteiger partial charge on any atom is -0.477 e. The summed E-state index contributed by atoms with van der Waals surface area (Å²) in [6.45, 7) is 10.7. The molecule has 0 bridgehead atoms. The molecule has 1 rings (SSSR count). The maximum atomic E-state index is 11.2. The Balaban J connectivity index is 3.09. The van der Waals surface area contributed by atoms with Crippen LogP contribution in [0.1, 0.15) is 94.7 Å². The van der Waals surface area contributed by atoms with Crippen molar-refractivity contribution in [1.82, 2.24) is 0 Å². The van der Waals surface area contributed by atoms with Crippen LogP contribution in [0.5, 0.6) is 0 Å². The van der Waals surface area contributed by atoms with Gasteiger partial charge in [0.2, 0.25) is 0 Å². The van der Waals surface area contributed by atoms with Gasteiger partial charge in [0.1, 0.15) is 11.6 Å². The molecule has 0 aliphatic heterocycles. The van der Waals surface area contributed by atoms with Crippen LogP contribution in [0.4, 0.5) is 0 Å². The summed E-state index contributed by atoms with van der Waals surface area (Å²) in [5.74, 6) is -0.198. The van der Waals surface area contributed by atoms with E-state index in [2.05, 4.69) is 27.4 Å². The molecule has 6 heteroatoms. The van der Waals surface area contributed by atoms with E-state index in [9.17, 15) is 9.90 Å². The van der Waals surface area contributed by atoms with Crippen molar-refractivity contribution >= 4 is 40.8 Å². The second-order valence-electron chi connectivity index (χ2n) is 7.91. The fourth-order valence-electron chi connectivity index (χ4n) is 3.46. The Morgan fingerprint density at radius 3 is 1.97 bits per heavy atom. The van der Waals surface area contributed by atoms with Gasteiger partial charge >= 0.3 is 5.97 Å². The summed E-state index contributed by atoms with van der Waals surface area (Å²) in [7, 11) is 0. The van der Waals surface area contributed by atoms with Crippen molar-refractivity contribution in [1.29, 1.82) is 5.26 Å². The number of allylic oxidation sites excluding steroid dienone is 1. The average molecular weight is 494 g/mol. The van der Waals surface area contributed by atoms with E-state index in [1.807, 2.05) is 23.1 Å². The molecule has 1 heterocycles. The normalized spacial score (nSPS) is 11.5. The van der Waals surface area contributed by atoms with Crippen LogP contribution in [0.3, 0.4) is 0 Å². The molecule has 1 N–H and O–H groups in total. The molecule has 0 atom stereocenters. The second kappa shape index (κ2) is 17.3. The lowest BCUT2D eigenvalue weighted by Gasteiger charge is -2.09. The van der Waals surface area contributed by atoms with Gasteiger partial charge in [-0.1, -0.05) is 90.5 Å². The Labute approximate surface area is 207 Å². The van der Waals surface area contributed by atoms with Crippen molar-refractivity contribution < 1.29 is 9.90 Å². The fourth-order valence-corrected chi connectivity index (χ4v) is 7.30. The highest BCUT2D eigenvalue weighted by atomic mass is 32.2. The highest BCUT2D eigenvalue weighted by Crippen LogP contribution is 2.46. The minimum atomic E-state index is -1.20. The van der Waals surface area contributed by atoms with Crippen LogP contribution in [0.15, 0.2) is 32.9 Å². The number of nitriles is 1. The highest BCUT2D eigenvalue weighted by Gasteiger charge is 2.20. The van der Waals surface area contributed by atoms with Crippen molar-refractivity contribution in [3.8, 4) is 6.07 Å². The van der Waals surface area contributed by atoms with Crippen LogP contribution in [-0.4, -0.2) is 16.8 Å². The molecular formula is C26H39NO2S3. The van der Waals surface area contributed by atoms with Gasteiger partial charge in [0.15, 0.2) is 0 Å². The first kappa shape index (κ1) is 28.9. The van der Waals surface area contributed by atoms with Gasteiger partial charge < -0.3 is 5.11 Å². The van der Waals surface area contributed by atoms with E-state index in [1.165, 1.54) is 102 Å². The lowest BCUT2D eigenvalue weighted by atomic mass is 10.1. The first-order valence-corrected chi connectivity index (χ1v) is 14.6. The molecule has 0 saturated heterocycles. The zero-order valence-corrected chi connectivity index (χ0v) is 22.5. The van der Waals surface area contributed by atoms with E-state index in [0.717, 1.165) is 18.6 Å². The van der Waals surface area contributed by atoms with Crippen molar-refractivity contribution in [3.63, 3.8) is 0 Å². The maximum absolute atomic E-state index is 11.2. The van der Waals surface area contributed by atoms with Crippen molar-refractivity contribution in [2.45, 2.75) is 108 Å². The lowest BCUT2D eigenvalue weighted by molar-refractivity contribution is -0.132. The van der Waals surface area contributed by atoms with Crippen molar-refractivity contribution in [2.75, 3.05) is 5.75 Å². The Bertz CT molecular complexity index is 790. The first-order chi connectivity index (χ1) is 15.5. The van der Waals surface area contributed by atoms with Crippen molar-refractivity contribution in [2.24, 2.45) is 0 Å². The molecule has 178 valence electrons. The van der Waals surface area contributed by atoms with Gasteiger partial charge in [0.25, 0.3) is 0 Å². The number of carboxylic acid groups (broad SMARTS) is 1.